The summed E-state index contributed by atoms with van der Waals surface area (Å²) < 4.78 is 11.1. The minimum absolute atomic E-state index is 0.560. The van der Waals surface area contributed by atoms with Gasteiger partial charge in [-0.3, -0.25) is 4.98 Å². The molecule has 20 heavy (non-hydrogen) atoms. The first-order chi connectivity index (χ1) is 9.81. The number of ether oxygens (including phenoxy) is 1. The topological polar surface area (TPSA) is 48.2 Å². The summed E-state index contributed by atoms with van der Waals surface area (Å²) >= 11 is 0. The zero-order chi connectivity index (χ0) is 13.9. The number of nitrogens with zero attached hydrogens (tertiary/aromatic N) is 2. The molecule has 0 saturated heterocycles. The van der Waals surface area contributed by atoms with E-state index >= 15 is 0 Å². The minimum Gasteiger partial charge on any atom is -0.475 e. The Morgan fingerprint density at radius 1 is 1.20 bits per heavy atom. The van der Waals surface area contributed by atoms with E-state index in [0.29, 0.717) is 12.5 Å². The Hall–Kier alpha value is -2.36. The predicted octanol–water partition coefficient (Wildman–Crippen LogP) is 3.99. The third-order valence-electron chi connectivity index (χ3n) is 3.24. The van der Waals surface area contributed by atoms with Crippen molar-refractivity contribution < 1.29 is 9.26 Å². The number of hydrogen-bond donors (Lipinski definition) is 0. The maximum atomic E-state index is 5.61. The van der Waals surface area contributed by atoms with Crippen molar-refractivity contribution in [1.29, 1.82) is 0 Å². The van der Waals surface area contributed by atoms with Crippen LogP contribution in [0.25, 0.3) is 22.1 Å². The Morgan fingerprint density at radius 2 is 2.10 bits per heavy atom. The van der Waals surface area contributed by atoms with Crippen LogP contribution < -0.4 is 4.74 Å². The van der Waals surface area contributed by atoms with Crippen molar-refractivity contribution in [2.24, 2.45) is 0 Å². The second-order valence-corrected chi connectivity index (χ2v) is 4.71. The summed E-state index contributed by atoms with van der Waals surface area (Å²) in [6.07, 6.45) is 4.57. The van der Waals surface area contributed by atoms with Gasteiger partial charge in [0.25, 0.3) is 5.88 Å². The van der Waals surface area contributed by atoms with Crippen LogP contribution >= 0.6 is 0 Å². The molecule has 0 spiro atoms. The number of fused-ring (bicyclic) bond motifs is 1. The normalized spacial score (nSPS) is 10.9. The lowest BCUT2D eigenvalue weighted by Gasteiger charge is -2.05. The van der Waals surface area contributed by atoms with Gasteiger partial charge < -0.3 is 9.26 Å². The SMILES string of the molecule is CCCOc1noc2c(-c3cnccc3C)cccc12. The van der Waals surface area contributed by atoms with Gasteiger partial charge in [-0.15, -0.1) is 0 Å². The summed E-state index contributed by atoms with van der Waals surface area (Å²) in [5, 5.41) is 4.93. The summed E-state index contributed by atoms with van der Waals surface area (Å²) in [6, 6.07) is 7.95. The van der Waals surface area contributed by atoms with Crippen molar-refractivity contribution in [1.82, 2.24) is 10.1 Å². The molecular formula is C16H16N2O2. The molecule has 0 aliphatic heterocycles. The fourth-order valence-corrected chi connectivity index (χ4v) is 2.20. The van der Waals surface area contributed by atoms with Gasteiger partial charge in [-0.1, -0.05) is 19.1 Å². The largest absolute Gasteiger partial charge is 0.475 e. The van der Waals surface area contributed by atoms with Gasteiger partial charge in [0, 0.05) is 23.5 Å². The van der Waals surface area contributed by atoms with Gasteiger partial charge in [-0.2, -0.15) is 0 Å². The van der Waals surface area contributed by atoms with Gasteiger partial charge in [0.05, 0.1) is 12.0 Å². The van der Waals surface area contributed by atoms with E-state index in [-0.39, 0.29) is 0 Å². The second kappa shape index (κ2) is 5.33. The highest BCUT2D eigenvalue weighted by Crippen LogP contribution is 2.34. The first-order valence-electron chi connectivity index (χ1n) is 6.73. The number of rotatable bonds is 4. The van der Waals surface area contributed by atoms with Crippen molar-refractivity contribution in [2.45, 2.75) is 20.3 Å². The van der Waals surface area contributed by atoms with Gasteiger partial charge in [0.15, 0.2) is 5.58 Å². The fraction of sp³-hybridized carbons (Fsp3) is 0.250. The molecule has 102 valence electrons. The monoisotopic (exact) mass is 268 g/mol. The first kappa shape index (κ1) is 12.7. The van der Waals surface area contributed by atoms with Crippen LogP contribution in [0, 0.1) is 6.92 Å². The van der Waals surface area contributed by atoms with E-state index in [1.54, 1.807) is 6.20 Å². The molecular weight excluding hydrogens is 252 g/mol. The number of hydrogen-bond acceptors (Lipinski definition) is 4. The van der Waals surface area contributed by atoms with E-state index in [0.717, 1.165) is 34.1 Å². The summed E-state index contributed by atoms with van der Waals surface area (Å²) in [5.41, 5.74) is 3.94. The van der Waals surface area contributed by atoms with Crippen LogP contribution in [0.1, 0.15) is 18.9 Å². The molecule has 4 nitrogen and oxygen atoms in total. The maximum absolute atomic E-state index is 5.61. The molecule has 1 aromatic carbocycles. The molecule has 0 unspecified atom stereocenters. The van der Waals surface area contributed by atoms with E-state index in [2.05, 4.69) is 24.0 Å². The van der Waals surface area contributed by atoms with Crippen LogP contribution in [0.15, 0.2) is 41.2 Å². The Morgan fingerprint density at radius 3 is 2.90 bits per heavy atom. The van der Waals surface area contributed by atoms with E-state index < -0.39 is 0 Å². The average Bonchev–Trinajstić information content (AvgIpc) is 2.89. The van der Waals surface area contributed by atoms with E-state index in [4.69, 9.17) is 9.26 Å². The Balaban J connectivity index is 2.13. The number of pyridine rings is 1. The minimum atomic E-state index is 0.560. The third-order valence-corrected chi connectivity index (χ3v) is 3.24. The molecule has 0 radical (unpaired) electrons. The molecule has 0 amide bonds. The molecule has 2 aromatic heterocycles. The van der Waals surface area contributed by atoms with Crippen LogP contribution in [-0.4, -0.2) is 16.7 Å². The van der Waals surface area contributed by atoms with Crippen molar-refractivity contribution in [3.8, 4) is 17.0 Å². The lowest BCUT2D eigenvalue weighted by Crippen LogP contribution is -1.95. The van der Waals surface area contributed by atoms with Crippen molar-refractivity contribution in [3.05, 3.63) is 42.2 Å². The van der Waals surface area contributed by atoms with Crippen molar-refractivity contribution in [2.75, 3.05) is 6.61 Å². The molecule has 0 bridgehead atoms. The lowest BCUT2D eigenvalue weighted by atomic mass is 10.0. The van der Waals surface area contributed by atoms with E-state index in [9.17, 15) is 0 Å². The van der Waals surface area contributed by atoms with Gasteiger partial charge in [0.1, 0.15) is 0 Å². The number of benzene rings is 1. The molecule has 3 aromatic rings. The van der Waals surface area contributed by atoms with Crippen LogP contribution in [0.5, 0.6) is 5.88 Å². The standard InChI is InChI=1S/C16H16N2O2/c1-3-9-19-16-13-6-4-5-12(15(13)20-18-16)14-10-17-8-7-11(14)2/h4-8,10H,3,9H2,1-2H3. The molecule has 0 atom stereocenters. The Labute approximate surface area is 117 Å². The molecule has 0 saturated carbocycles. The summed E-state index contributed by atoms with van der Waals surface area (Å²) in [4.78, 5) is 4.19. The van der Waals surface area contributed by atoms with E-state index in [1.807, 2.05) is 30.5 Å². The zero-order valence-electron chi connectivity index (χ0n) is 11.6. The summed E-state index contributed by atoms with van der Waals surface area (Å²) in [6.45, 7) is 4.76. The Bertz CT molecular complexity index is 734. The molecule has 3 rings (SSSR count). The highest BCUT2D eigenvalue weighted by atomic mass is 16.5. The molecule has 0 fully saturated rings. The quantitative estimate of drug-likeness (QED) is 0.718. The lowest BCUT2D eigenvalue weighted by molar-refractivity contribution is 0.284. The highest BCUT2D eigenvalue weighted by molar-refractivity contribution is 5.95. The van der Waals surface area contributed by atoms with Gasteiger partial charge in [-0.25, -0.2) is 0 Å². The zero-order valence-corrected chi connectivity index (χ0v) is 11.6. The predicted molar refractivity (Wildman–Crippen MR) is 77.8 cm³/mol. The van der Waals surface area contributed by atoms with Crippen molar-refractivity contribution >= 4 is 11.0 Å². The average molecular weight is 268 g/mol. The number of aromatic nitrogens is 2. The fourth-order valence-electron chi connectivity index (χ4n) is 2.20. The van der Waals surface area contributed by atoms with Crippen LogP contribution in [-0.2, 0) is 0 Å². The maximum Gasteiger partial charge on any atom is 0.262 e. The van der Waals surface area contributed by atoms with Crippen molar-refractivity contribution in [3.63, 3.8) is 0 Å². The second-order valence-electron chi connectivity index (χ2n) is 4.71. The highest BCUT2D eigenvalue weighted by Gasteiger charge is 2.15. The molecule has 0 N–H and O–H groups in total. The van der Waals surface area contributed by atoms with Crippen LogP contribution in [0.3, 0.4) is 0 Å². The van der Waals surface area contributed by atoms with Gasteiger partial charge in [-0.05, 0) is 36.2 Å². The van der Waals surface area contributed by atoms with Crippen LogP contribution in [0.2, 0.25) is 0 Å². The van der Waals surface area contributed by atoms with E-state index in [1.165, 1.54) is 0 Å². The number of para-hydroxylation sites is 1. The third kappa shape index (κ3) is 2.13. The molecule has 0 aliphatic carbocycles. The Kier molecular flexibility index (Phi) is 3.37. The van der Waals surface area contributed by atoms with Gasteiger partial charge >= 0.3 is 0 Å². The first-order valence-corrected chi connectivity index (χ1v) is 6.73. The van der Waals surface area contributed by atoms with Crippen LogP contribution in [0.4, 0.5) is 0 Å². The van der Waals surface area contributed by atoms with Gasteiger partial charge in [0.2, 0.25) is 0 Å². The smallest absolute Gasteiger partial charge is 0.262 e. The molecule has 4 heteroatoms. The summed E-state index contributed by atoms with van der Waals surface area (Å²) in [5.74, 6) is 0.560. The molecule has 0 aliphatic rings. The summed E-state index contributed by atoms with van der Waals surface area (Å²) in [7, 11) is 0. The number of aryl methyl sites for hydroxylation is 1. The molecule has 2 heterocycles.